The Kier molecular flexibility index (Phi) is 35.2. The third-order valence-electron chi connectivity index (χ3n) is 29.4. The van der Waals surface area contributed by atoms with Gasteiger partial charge in [0, 0.05) is 0 Å². The summed E-state index contributed by atoms with van der Waals surface area (Å²) >= 11 is 0. The predicted molar refractivity (Wildman–Crippen MR) is 540 cm³/mol. The van der Waals surface area contributed by atoms with Crippen molar-refractivity contribution in [1.29, 1.82) is 0 Å². The minimum absolute atomic E-state index is 0.772. The summed E-state index contributed by atoms with van der Waals surface area (Å²) in [6.45, 7) is 27.2. The van der Waals surface area contributed by atoms with Crippen LogP contribution in [0.5, 0.6) is 0 Å². The van der Waals surface area contributed by atoms with E-state index in [1.54, 1.807) is 11.1 Å². The molecule has 0 saturated heterocycles. The second-order valence-electron chi connectivity index (χ2n) is 39.8. The zero-order valence-corrected chi connectivity index (χ0v) is 78.6. The Bertz CT molecular complexity index is 5130. The van der Waals surface area contributed by atoms with Crippen LogP contribution >= 0.6 is 0 Å². The molecule has 0 aliphatic heterocycles. The molecule has 16 rings (SSSR count). The lowest BCUT2D eigenvalue weighted by atomic mass is 9.79. The molecule has 0 spiro atoms. The summed E-state index contributed by atoms with van der Waals surface area (Å²) in [4.78, 5) is 0. The first-order valence-electron chi connectivity index (χ1n) is 49.3. The van der Waals surface area contributed by atoms with E-state index in [-0.39, 0.29) is 0 Å². The van der Waals surface area contributed by atoms with Crippen molar-refractivity contribution in [2.24, 2.45) is 35.5 Å². The quantitative estimate of drug-likeness (QED) is 0.0429. The highest BCUT2D eigenvalue weighted by atomic mass is 14.3. The summed E-state index contributed by atoms with van der Waals surface area (Å²) in [5, 5.41) is 0. The fourth-order valence-electron chi connectivity index (χ4n) is 20.5. The standard InChI is InChI=1S/4C31H38/c1-23-4-8-26(9-5-23)12-13-28-16-19-30(20-17-28)31-21-18-29(22-25(31)3)15-14-27-10-6-24(2)7-11-27;1-23-8-14-28(15-9-23)29-18-12-26(13-19-29)6-4-5-7-27-20-21-31(22-25(27)3)30-16-10-24(2)11-17-30;1-23-8-12-26(13-9-23)6-4-5-7-27-14-18-29(19-15-27)31-21-20-30(22-25(31)3)28-16-10-24(2)11-17-28;1-23-8-12-26(13-9-23)6-4-5-7-27-14-21-31(25(3)22-27)30-19-17-29(18-20-30)28-15-10-24(2)11-16-28/h6-7,10-11,16-23,26H,4-5,8-9,12-15H2,1-3H3;10-13,16-23,28H,4-9,14-15H2,1-3H3;10-11,14-23,26H,4-9,12-13H2,1-3H3;8-9,12-14,17-22,24,28H,4-7,10-11,15-16H2,1-3H3. The smallest absolute Gasteiger partial charge is 0.0154 e. The molecular formula is C124H152. The zero-order chi connectivity index (χ0) is 86.5. The van der Waals surface area contributed by atoms with Crippen LogP contribution < -0.4 is 0 Å². The fourth-order valence-corrected chi connectivity index (χ4v) is 20.5. The molecule has 0 radical (unpaired) electrons. The predicted octanol–water partition coefficient (Wildman–Crippen LogP) is 35.4. The lowest BCUT2D eigenvalue weighted by molar-refractivity contribution is 0.272. The Morgan fingerprint density at radius 3 is 0.871 bits per heavy atom. The Balaban J connectivity index is 0.000000142. The lowest BCUT2D eigenvalue weighted by Crippen LogP contribution is -2.12. The zero-order valence-electron chi connectivity index (χ0n) is 78.6. The molecule has 0 N–H and O–H groups in total. The highest BCUT2D eigenvalue weighted by Gasteiger charge is 2.24. The first-order chi connectivity index (χ1) is 60.3. The van der Waals surface area contributed by atoms with Gasteiger partial charge in [0.1, 0.15) is 0 Å². The molecule has 4 aliphatic carbocycles. The second-order valence-corrected chi connectivity index (χ2v) is 39.8. The molecule has 4 fully saturated rings. The van der Waals surface area contributed by atoms with Gasteiger partial charge in [-0.25, -0.2) is 0 Å². The summed E-state index contributed by atoms with van der Waals surface area (Å²) in [6.07, 6.45) is 42.6. The van der Waals surface area contributed by atoms with E-state index < -0.39 is 0 Å². The Labute approximate surface area is 753 Å². The normalized spacial score (nSPS) is 18.8. The molecule has 0 atom stereocenters. The van der Waals surface area contributed by atoms with Crippen LogP contribution in [0.15, 0.2) is 267 Å². The van der Waals surface area contributed by atoms with Crippen LogP contribution in [0, 0.1) is 90.9 Å². The highest BCUT2D eigenvalue weighted by Crippen LogP contribution is 2.40. The first kappa shape index (κ1) is 92.3. The van der Waals surface area contributed by atoms with E-state index in [0.29, 0.717) is 0 Å². The van der Waals surface area contributed by atoms with Crippen LogP contribution in [-0.2, 0) is 51.4 Å². The molecule has 4 aliphatic rings. The molecule has 12 aromatic rings. The minimum atomic E-state index is 0.772. The van der Waals surface area contributed by atoms with Gasteiger partial charge in [-0.3, -0.25) is 0 Å². The SMILES string of the molecule is Cc1ccc(-c2ccc(-c3ccc(CCCCC4CCC(C)CC4)cc3)c(C)c2)cc1.Cc1ccc(-c2ccc(CCCCc3ccc(C4CCC(C)CC4)cc3)c(C)c2)cc1.Cc1ccc(CCCCc2ccc(-c3ccc(C4CCC(C)CC4)cc3)c(C)c2)cc1.Cc1ccc(CCc2ccc(-c3ccc(CCC4CCC(C)CC4)cc3)c(C)c2)cc1. The summed E-state index contributed by atoms with van der Waals surface area (Å²) in [7, 11) is 0. The minimum Gasteiger partial charge on any atom is -0.0625 e. The molecule has 0 heteroatoms. The number of aryl methyl sites for hydroxylation is 16. The van der Waals surface area contributed by atoms with Crippen molar-refractivity contribution in [3.8, 4) is 55.6 Å². The van der Waals surface area contributed by atoms with E-state index in [0.717, 1.165) is 60.2 Å². The summed E-state index contributed by atoms with van der Waals surface area (Å²) in [5.74, 6) is 7.29. The van der Waals surface area contributed by atoms with E-state index >= 15 is 0 Å². The summed E-state index contributed by atoms with van der Waals surface area (Å²) in [5.41, 5.74) is 39.1. The average Bonchev–Trinajstić information content (AvgIpc) is 0.826. The number of rotatable bonds is 28. The number of hydrogen-bond acceptors (Lipinski definition) is 0. The van der Waals surface area contributed by atoms with Crippen LogP contribution in [0.25, 0.3) is 55.6 Å². The van der Waals surface area contributed by atoms with Gasteiger partial charge in [-0.1, -0.05) is 407 Å². The number of benzene rings is 12. The van der Waals surface area contributed by atoms with Gasteiger partial charge in [-0.05, 0) is 352 Å². The molecule has 0 heterocycles. The maximum atomic E-state index is 2.42. The van der Waals surface area contributed by atoms with Gasteiger partial charge in [0.15, 0.2) is 0 Å². The Morgan fingerprint density at radius 1 is 0.194 bits per heavy atom. The molecule has 124 heavy (non-hydrogen) atoms. The van der Waals surface area contributed by atoms with Gasteiger partial charge in [0.25, 0.3) is 0 Å². The summed E-state index contributed by atoms with van der Waals surface area (Å²) < 4.78 is 0. The van der Waals surface area contributed by atoms with Gasteiger partial charge in [-0.2, -0.15) is 0 Å². The average molecular weight is 1640 g/mol. The number of unbranched alkanes of at least 4 members (excludes halogenated alkanes) is 3. The molecule has 0 nitrogen and oxygen atoms in total. The molecule has 12 aromatic carbocycles. The molecule has 4 saturated carbocycles. The third kappa shape index (κ3) is 28.6. The van der Waals surface area contributed by atoms with Crippen molar-refractivity contribution in [1.82, 2.24) is 0 Å². The molecule has 0 unspecified atom stereocenters. The lowest BCUT2D eigenvalue weighted by Gasteiger charge is -2.26. The van der Waals surface area contributed by atoms with Crippen molar-refractivity contribution < 1.29 is 0 Å². The van der Waals surface area contributed by atoms with Crippen molar-refractivity contribution in [3.05, 3.63) is 367 Å². The molecule has 0 bridgehead atoms. The Hall–Kier alpha value is -9.36. The van der Waals surface area contributed by atoms with E-state index in [1.165, 1.54) is 337 Å². The van der Waals surface area contributed by atoms with Crippen molar-refractivity contribution in [3.63, 3.8) is 0 Å². The topological polar surface area (TPSA) is 0 Å². The van der Waals surface area contributed by atoms with Gasteiger partial charge < -0.3 is 0 Å². The number of hydrogen-bond donors (Lipinski definition) is 0. The largest absolute Gasteiger partial charge is 0.0625 e. The molecular weight excluding hydrogens is 1490 g/mol. The Morgan fingerprint density at radius 2 is 0.460 bits per heavy atom. The van der Waals surface area contributed by atoms with Crippen LogP contribution in [-0.4, -0.2) is 0 Å². The van der Waals surface area contributed by atoms with E-state index in [1.807, 2.05) is 0 Å². The van der Waals surface area contributed by atoms with Crippen LogP contribution in [0.4, 0.5) is 0 Å². The van der Waals surface area contributed by atoms with Crippen molar-refractivity contribution >= 4 is 0 Å². The third-order valence-corrected chi connectivity index (χ3v) is 29.4. The summed E-state index contributed by atoms with van der Waals surface area (Å²) in [6, 6.07) is 101. The van der Waals surface area contributed by atoms with E-state index in [2.05, 4.69) is 350 Å². The molecule has 0 amide bonds. The second kappa shape index (κ2) is 47.3. The maximum absolute atomic E-state index is 2.42. The van der Waals surface area contributed by atoms with Gasteiger partial charge in [-0.15, -0.1) is 0 Å². The van der Waals surface area contributed by atoms with Gasteiger partial charge >= 0.3 is 0 Å². The van der Waals surface area contributed by atoms with Gasteiger partial charge in [0.2, 0.25) is 0 Å². The highest BCUT2D eigenvalue weighted by molar-refractivity contribution is 5.74. The van der Waals surface area contributed by atoms with Crippen molar-refractivity contribution in [2.75, 3.05) is 0 Å². The van der Waals surface area contributed by atoms with E-state index in [4.69, 9.17) is 0 Å². The van der Waals surface area contributed by atoms with Crippen LogP contribution in [0.1, 0.15) is 294 Å². The monoisotopic (exact) mass is 1640 g/mol. The first-order valence-corrected chi connectivity index (χ1v) is 49.3. The van der Waals surface area contributed by atoms with Crippen LogP contribution in [0.3, 0.4) is 0 Å². The van der Waals surface area contributed by atoms with Gasteiger partial charge in [0.05, 0.1) is 0 Å². The molecule has 648 valence electrons. The van der Waals surface area contributed by atoms with Crippen molar-refractivity contribution in [2.45, 2.75) is 300 Å². The fraction of sp³-hybridized carbons (Fsp3) is 0.419. The molecule has 0 aromatic heterocycles. The maximum Gasteiger partial charge on any atom is -0.0154 e. The van der Waals surface area contributed by atoms with E-state index in [9.17, 15) is 0 Å². The van der Waals surface area contributed by atoms with Crippen LogP contribution in [0.2, 0.25) is 0 Å².